The Morgan fingerprint density at radius 1 is 0.609 bits per heavy atom. The zero-order chi connectivity index (χ0) is 16.5. The molecule has 3 aromatic rings. The average Bonchev–Trinajstić information content (AvgIpc) is 2.60. The summed E-state index contributed by atoms with van der Waals surface area (Å²) in [6, 6.07) is 28.6. The van der Waals surface area contributed by atoms with Gasteiger partial charge >= 0.3 is 35.0 Å². The van der Waals surface area contributed by atoms with Gasteiger partial charge in [-0.05, 0) is 36.0 Å². The third kappa shape index (κ3) is 5.61. The second kappa shape index (κ2) is 10.1. The van der Waals surface area contributed by atoms with E-state index in [-0.39, 0.29) is 15.9 Å². The molecule has 0 amide bonds. The van der Waals surface area contributed by atoms with Crippen LogP contribution in [0.3, 0.4) is 0 Å². The molecule has 0 spiro atoms. The summed E-state index contributed by atoms with van der Waals surface area (Å²) in [5.41, 5.74) is 0. The summed E-state index contributed by atoms with van der Waals surface area (Å²) in [5.74, 6) is 0.310. The summed E-state index contributed by atoms with van der Waals surface area (Å²) in [5, 5.41) is 13.4. The van der Waals surface area contributed by atoms with Crippen molar-refractivity contribution in [2.45, 2.75) is 0 Å². The Morgan fingerprint density at radius 2 is 0.957 bits per heavy atom. The summed E-state index contributed by atoms with van der Waals surface area (Å²) in [6.45, 7) is 0. The van der Waals surface area contributed by atoms with Gasteiger partial charge in [0.05, 0.1) is 0 Å². The standard InChI is InChI=1S/C18H15OP.2ClH.Pd/c19-15-11-13-18(14-12-15)20(16-7-3-1-4-8-16)17-9-5-2-6-10-17;;;/h1-14,19H;2*1H;/q;;;+2/p-2. The van der Waals surface area contributed by atoms with Crippen LogP contribution < -0.4 is 15.9 Å². The number of halogens is 2. The van der Waals surface area contributed by atoms with Crippen molar-refractivity contribution in [3.8, 4) is 5.75 Å². The number of phenolic OH excluding ortho intramolecular Hbond substituents is 1. The predicted octanol–water partition coefficient (Wildman–Crippen LogP) is 4.53. The van der Waals surface area contributed by atoms with E-state index >= 15 is 0 Å². The summed E-state index contributed by atoms with van der Waals surface area (Å²) in [4.78, 5) is 0. The van der Waals surface area contributed by atoms with E-state index in [1.54, 1.807) is 12.1 Å². The maximum atomic E-state index is 9.49. The molecule has 0 heterocycles. The maximum absolute atomic E-state index is 9.49. The van der Waals surface area contributed by atoms with Crippen molar-refractivity contribution in [1.29, 1.82) is 0 Å². The van der Waals surface area contributed by atoms with Crippen molar-refractivity contribution in [1.82, 2.24) is 0 Å². The molecular formula is C18H15Cl2OPPd. The van der Waals surface area contributed by atoms with Gasteiger partial charge in [-0.1, -0.05) is 72.8 Å². The zero-order valence-corrected chi connectivity index (χ0v) is 16.0. The van der Waals surface area contributed by atoms with Crippen LogP contribution in [-0.2, 0) is 15.9 Å². The van der Waals surface area contributed by atoms with Crippen molar-refractivity contribution >= 4 is 42.9 Å². The Balaban J connectivity index is 0.000000595. The van der Waals surface area contributed by atoms with Crippen LogP contribution in [0.15, 0.2) is 84.9 Å². The Bertz CT molecular complexity index is 654. The van der Waals surface area contributed by atoms with Crippen LogP contribution in [0.25, 0.3) is 0 Å². The third-order valence-corrected chi connectivity index (χ3v) is 5.58. The van der Waals surface area contributed by atoms with E-state index in [9.17, 15) is 5.11 Å². The van der Waals surface area contributed by atoms with E-state index in [2.05, 4.69) is 48.5 Å². The first-order valence-corrected chi connectivity index (χ1v) is 12.1. The molecule has 0 saturated heterocycles. The van der Waals surface area contributed by atoms with Crippen molar-refractivity contribution in [3.63, 3.8) is 0 Å². The second-order valence-corrected chi connectivity index (χ2v) is 9.15. The topological polar surface area (TPSA) is 20.2 Å². The zero-order valence-electron chi connectivity index (χ0n) is 12.0. The van der Waals surface area contributed by atoms with Gasteiger partial charge in [-0.15, -0.1) is 0 Å². The molecule has 0 aliphatic heterocycles. The van der Waals surface area contributed by atoms with Gasteiger partial charge in [0.15, 0.2) is 0 Å². The Kier molecular flexibility index (Phi) is 8.10. The summed E-state index contributed by atoms with van der Waals surface area (Å²) in [6.07, 6.45) is 0. The van der Waals surface area contributed by atoms with Crippen LogP contribution in [0.5, 0.6) is 5.75 Å². The fraction of sp³-hybridized carbons (Fsp3) is 0. The molecule has 0 aliphatic rings. The van der Waals surface area contributed by atoms with E-state index in [0.29, 0.717) is 5.75 Å². The van der Waals surface area contributed by atoms with Gasteiger partial charge in [-0.3, -0.25) is 0 Å². The summed E-state index contributed by atoms with van der Waals surface area (Å²) >= 11 is -0.106. The van der Waals surface area contributed by atoms with Crippen molar-refractivity contribution in [2.75, 3.05) is 0 Å². The monoisotopic (exact) mass is 454 g/mol. The Hall–Kier alpha value is -0.868. The van der Waals surface area contributed by atoms with Gasteiger partial charge in [0.25, 0.3) is 0 Å². The molecule has 122 valence electrons. The molecule has 3 aromatic carbocycles. The molecule has 0 radical (unpaired) electrons. The first-order chi connectivity index (χ1) is 11.3. The molecule has 0 atom stereocenters. The molecule has 3 rings (SSSR count). The predicted molar refractivity (Wildman–Crippen MR) is 98.5 cm³/mol. The molecule has 0 aromatic heterocycles. The quantitative estimate of drug-likeness (QED) is 0.455. The van der Waals surface area contributed by atoms with E-state index in [1.807, 2.05) is 24.3 Å². The number of rotatable bonds is 3. The number of aromatic hydroxyl groups is 1. The minimum atomic E-state index is -0.569. The van der Waals surface area contributed by atoms with E-state index < -0.39 is 7.92 Å². The molecule has 1 N–H and O–H groups in total. The van der Waals surface area contributed by atoms with E-state index in [0.717, 1.165) is 0 Å². The van der Waals surface area contributed by atoms with Gasteiger partial charge in [0.2, 0.25) is 0 Å². The summed E-state index contributed by atoms with van der Waals surface area (Å²) < 4.78 is 0. The van der Waals surface area contributed by atoms with E-state index in [1.165, 1.54) is 15.9 Å². The fourth-order valence-corrected chi connectivity index (χ4v) is 4.49. The van der Waals surface area contributed by atoms with Crippen LogP contribution in [0, 0.1) is 0 Å². The molecule has 23 heavy (non-hydrogen) atoms. The van der Waals surface area contributed by atoms with Crippen LogP contribution in [0.2, 0.25) is 0 Å². The van der Waals surface area contributed by atoms with Crippen LogP contribution in [0.4, 0.5) is 0 Å². The Morgan fingerprint density at radius 3 is 1.35 bits per heavy atom. The average molecular weight is 456 g/mol. The van der Waals surface area contributed by atoms with Crippen molar-refractivity contribution in [3.05, 3.63) is 84.9 Å². The van der Waals surface area contributed by atoms with Crippen LogP contribution in [-0.4, -0.2) is 5.11 Å². The van der Waals surface area contributed by atoms with Gasteiger partial charge in [0, 0.05) is 0 Å². The van der Waals surface area contributed by atoms with Gasteiger partial charge in [-0.25, -0.2) is 0 Å². The number of hydrogen-bond acceptors (Lipinski definition) is 1. The molecular weight excluding hydrogens is 440 g/mol. The van der Waals surface area contributed by atoms with Gasteiger partial charge < -0.3 is 5.11 Å². The molecule has 5 heteroatoms. The van der Waals surface area contributed by atoms with Crippen molar-refractivity contribution in [2.24, 2.45) is 0 Å². The first-order valence-electron chi connectivity index (χ1n) is 6.78. The normalized spacial score (nSPS) is 10.2. The Labute approximate surface area is 154 Å². The van der Waals surface area contributed by atoms with Crippen LogP contribution in [0.1, 0.15) is 0 Å². The summed E-state index contributed by atoms with van der Waals surface area (Å²) in [7, 11) is 9.06. The van der Waals surface area contributed by atoms with Crippen LogP contribution >= 0.6 is 27.0 Å². The first kappa shape index (κ1) is 18.5. The molecule has 0 fully saturated rings. The minimum absolute atomic E-state index is 0.106. The number of hydrogen-bond donors (Lipinski definition) is 1. The molecule has 0 unspecified atom stereocenters. The molecule has 0 bridgehead atoms. The van der Waals surface area contributed by atoms with Gasteiger partial charge in [0.1, 0.15) is 5.75 Å². The molecule has 0 saturated carbocycles. The number of phenols is 1. The SMILES string of the molecule is Oc1ccc(P(c2ccccc2)c2ccccc2)cc1.[Cl][Pd][Cl]. The van der Waals surface area contributed by atoms with Gasteiger partial charge in [-0.2, -0.15) is 0 Å². The second-order valence-electron chi connectivity index (χ2n) is 4.57. The van der Waals surface area contributed by atoms with E-state index in [4.69, 9.17) is 19.1 Å². The third-order valence-electron chi connectivity index (χ3n) is 3.14. The number of benzene rings is 3. The van der Waals surface area contributed by atoms with Crippen molar-refractivity contribution < 1.29 is 21.0 Å². The fourth-order valence-electron chi connectivity index (χ4n) is 2.20. The molecule has 0 aliphatic carbocycles. The molecule has 1 nitrogen and oxygen atoms in total.